The summed E-state index contributed by atoms with van der Waals surface area (Å²) in [5, 5.41) is 10.5. The molecular weight excluding hydrogens is 442 g/mol. The van der Waals surface area contributed by atoms with Crippen molar-refractivity contribution in [3.8, 4) is 0 Å². The molecule has 9 heteroatoms. The van der Waals surface area contributed by atoms with Crippen molar-refractivity contribution in [2.45, 2.75) is 39.2 Å². The molecule has 2 atom stereocenters. The predicted octanol–water partition coefficient (Wildman–Crippen LogP) is 2.89. The average molecular weight is 474 g/mol. The molecular formula is C24H32ClN5O3. The highest BCUT2D eigenvalue weighted by Crippen LogP contribution is 2.20. The van der Waals surface area contributed by atoms with Crippen LogP contribution in [0.2, 0.25) is 5.02 Å². The lowest BCUT2D eigenvalue weighted by molar-refractivity contribution is -0.135. The molecule has 0 bridgehead atoms. The second-order valence-electron chi connectivity index (χ2n) is 8.72. The van der Waals surface area contributed by atoms with Gasteiger partial charge in [0.25, 0.3) is 11.8 Å². The van der Waals surface area contributed by atoms with E-state index in [1.54, 1.807) is 48.4 Å². The normalized spacial score (nSPS) is 16.2. The maximum atomic E-state index is 13.3. The Kier molecular flexibility index (Phi) is 8.49. The number of nitrogens with one attached hydrogen (secondary N) is 2. The molecule has 0 saturated carbocycles. The van der Waals surface area contributed by atoms with Crippen molar-refractivity contribution < 1.29 is 14.4 Å². The maximum absolute atomic E-state index is 13.3. The number of hydrogen-bond acceptors (Lipinski definition) is 4. The van der Waals surface area contributed by atoms with Crippen LogP contribution in [0.1, 0.15) is 53.8 Å². The molecule has 0 radical (unpaired) electrons. The fourth-order valence-corrected chi connectivity index (χ4v) is 4.07. The molecule has 0 spiro atoms. The van der Waals surface area contributed by atoms with E-state index < -0.39 is 6.04 Å². The summed E-state index contributed by atoms with van der Waals surface area (Å²) < 4.78 is 1.60. The molecule has 2 unspecified atom stereocenters. The van der Waals surface area contributed by atoms with Gasteiger partial charge in [-0.2, -0.15) is 5.10 Å². The van der Waals surface area contributed by atoms with Crippen molar-refractivity contribution >= 4 is 29.3 Å². The number of rotatable bonds is 8. The van der Waals surface area contributed by atoms with E-state index in [1.807, 2.05) is 18.7 Å². The highest BCUT2D eigenvalue weighted by atomic mass is 35.5. The highest BCUT2D eigenvalue weighted by Gasteiger charge is 2.32. The van der Waals surface area contributed by atoms with E-state index >= 15 is 0 Å². The van der Waals surface area contributed by atoms with Gasteiger partial charge in [0.1, 0.15) is 6.04 Å². The molecule has 1 aliphatic heterocycles. The summed E-state index contributed by atoms with van der Waals surface area (Å²) in [6.45, 7) is 5.77. The number of amides is 3. The second kappa shape index (κ2) is 11.3. The summed E-state index contributed by atoms with van der Waals surface area (Å²) in [5.41, 5.74) is 1.02. The highest BCUT2D eigenvalue weighted by molar-refractivity contribution is 6.30. The number of hydrogen-bond donors (Lipinski definition) is 2. The second-order valence-corrected chi connectivity index (χ2v) is 9.16. The number of likely N-dealkylation sites (tertiary alicyclic amines) is 1. The molecule has 0 aliphatic carbocycles. The number of halogens is 1. The number of aromatic nitrogens is 2. The van der Waals surface area contributed by atoms with E-state index in [9.17, 15) is 14.4 Å². The fraction of sp³-hybridized carbons (Fsp3) is 0.500. The monoisotopic (exact) mass is 473 g/mol. The van der Waals surface area contributed by atoms with Crippen molar-refractivity contribution in [3.05, 3.63) is 52.8 Å². The minimum atomic E-state index is -0.583. The van der Waals surface area contributed by atoms with Gasteiger partial charge in [-0.05, 0) is 48.9 Å². The van der Waals surface area contributed by atoms with Crippen LogP contribution in [0.4, 0.5) is 0 Å². The minimum Gasteiger partial charge on any atom is -0.352 e. The van der Waals surface area contributed by atoms with Crippen molar-refractivity contribution in [2.75, 3.05) is 19.6 Å². The zero-order valence-electron chi connectivity index (χ0n) is 19.4. The minimum absolute atomic E-state index is 0.00486. The van der Waals surface area contributed by atoms with Crippen LogP contribution < -0.4 is 10.6 Å². The van der Waals surface area contributed by atoms with Crippen molar-refractivity contribution in [1.29, 1.82) is 0 Å². The lowest BCUT2D eigenvalue weighted by atomic mass is 9.93. The number of carbonyl (C=O) groups excluding carboxylic acids is 3. The number of piperidine rings is 1. The van der Waals surface area contributed by atoms with Gasteiger partial charge in [-0.25, -0.2) is 0 Å². The number of nitrogens with zero attached hydrogens (tertiary/aromatic N) is 3. The smallest absolute Gasteiger partial charge is 0.254 e. The molecule has 2 aromatic rings. The third-order valence-corrected chi connectivity index (χ3v) is 6.57. The summed E-state index contributed by atoms with van der Waals surface area (Å²) in [6.07, 6.45) is 5.61. The Morgan fingerprint density at radius 1 is 1.12 bits per heavy atom. The Balaban J connectivity index is 1.53. The van der Waals surface area contributed by atoms with E-state index in [0.717, 1.165) is 19.3 Å². The van der Waals surface area contributed by atoms with Crippen molar-refractivity contribution in [2.24, 2.45) is 18.9 Å². The Morgan fingerprint density at radius 3 is 2.36 bits per heavy atom. The summed E-state index contributed by atoms with van der Waals surface area (Å²) in [6, 6.07) is 6.05. The van der Waals surface area contributed by atoms with Gasteiger partial charge in [-0.1, -0.05) is 31.9 Å². The summed E-state index contributed by atoms with van der Waals surface area (Å²) in [7, 11) is 1.77. The lowest BCUT2D eigenvalue weighted by Gasteiger charge is -2.36. The average Bonchev–Trinajstić information content (AvgIpc) is 3.27. The first kappa shape index (κ1) is 24.8. The number of aryl methyl sites for hydroxylation is 1. The van der Waals surface area contributed by atoms with Gasteiger partial charge in [0.05, 0.1) is 11.8 Å². The molecule has 1 aromatic heterocycles. The van der Waals surface area contributed by atoms with Gasteiger partial charge in [0.2, 0.25) is 5.91 Å². The van der Waals surface area contributed by atoms with Crippen LogP contribution >= 0.6 is 11.6 Å². The molecule has 2 heterocycles. The molecule has 1 saturated heterocycles. The van der Waals surface area contributed by atoms with Gasteiger partial charge >= 0.3 is 0 Å². The topological polar surface area (TPSA) is 96.3 Å². The summed E-state index contributed by atoms with van der Waals surface area (Å²) in [4.78, 5) is 40.1. The zero-order valence-corrected chi connectivity index (χ0v) is 20.1. The van der Waals surface area contributed by atoms with E-state index in [4.69, 9.17) is 11.6 Å². The molecule has 1 fully saturated rings. The van der Waals surface area contributed by atoms with Gasteiger partial charge in [0, 0.05) is 43.5 Å². The third kappa shape index (κ3) is 6.57. The van der Waals surface area contributed by atoms with Crippen LogP contribution in [-0.2, 0) is 11.8 Å². The molecule has 2 N–H and O–H groups in total. The molecule has 3 amide bonds. The van der Waals surface area contributed by atoms with E-state index in [-0.39, 0.29) is 23.6 Å². The molecule has 8 nitrogen and oxygen atoms in total. The fourth-order valence-electron chi connectivity index (χ4n) is 3.94. The third-order valence-electron chi connectivity index (χ3n) is 6.32. The first-order chi connectivity index (χ1) is 15.8. The standard InChI is InChI=1S/C24H32ClN5O3/c1-4-16(2)21(28-23(32)18-5-7-20(25)8-6-18)24(33)30-11-9-17(10-12-30)13-26-22(31)19-14-27-29(3)15-19/h5-8,14-17,21H,4,9-13H2,1-3H3,(H,26,31)(H,28,32). The molecule has 33 heavy (non-hydrogen) atoms. The molecule has 1 aromatic carbocycles. The van der Waals surface area contributed by atoms with Crippen LogP contribution in [0, 0.1) is 11.8 Å². The first-order valence-corrected chi connectivity index (χ1v) is 11.8. The predicted molar refractivity (Wildman–Crippen MR) is 127 cm³/mol. The Bertz CT molecular complexity index is 967. The largest absolute Gasteiger partial charge is 0.352 e. The van der Waals surface area contributed by atoms with E-state index in [1.165, 1.54) is 0 Å². The number of benzene rings is 1. The van der Waals surface area contributed by atoms with Crippen molar-refractivity contribution in [3.63, 3.8) is 0 Å². The summed E-state index contributed by atoms with van der Waals surface area (Å²) >= 11 is 5.91. The summed E-state index contributed by atoms with van der Waals surface area (Å²) in [5.74, 6) is -0.156. The van der Waals surface area contributed by atoms with E-state index in [2.05, 4.69) is 15.7 Å². The lowest BCUT2D eigenvalue weighted by Crippen LogP contribution is -2.53. The Morgan fingerprint density at radius 2 is 1.79 bits per heavy atom. The SMILES string of the molecule is CCC(C)C(NC(=O)c1ccc(Cl)cc1)C(=O)N1CCC(CNC(=O)c2cnn(C)c2)CC1. The van der Waals surface area contributed by atoms with Gasteiger partial charge in [-0.15, -0.1) is 0 Å². The maximum Gasteiger partial charge on any atom is 0.254 e. The van der Waals surface area contributed by atoms with Gasteiger partial charge in [-0.3, -0.25) is 19.1 Å². The van der Waals surface area contributed by atoms with Crippen LogP contribution in [0.3, 0.4) is 0 Å². The van der Waals surface area contributed by atoms with E-state index in [0.29, 0.717) is 41.7 Å². The molecule has 1 aliphatic rings. The van der Waals surface area contributed by atoms with Gasteiger partial charge in [0.15, 0.2) is 0 Å². The Labute approximate surface area is 199 Å². The van der Waals surface area contributed by atoms with Crippen LogP contribution in [0.25, 0.3) is 0 Å². The quantitative estimate of drug-likeness (QED) is 0.616. The van der Waals surface area contributed by atoms with Gasteiger partial charge < -0.3 is 15.5 Å². The molecule has 178 valence electrons. The Hall–Kier alpha value is -2.87. The molecule has 3 rings (SSSR count). The number of carbonyl (C=O) groups is 3. The van der Waals surface area contributed by atoms with Crippen LogP contribution in [0.15, 0.2) is 36.7 Å². The van der Waals surface area contributed by atoms with Crippen LogP contribution in [0.5, 0.6) is 0 Å². The first-order valence-electron chi connectivity index (χ1n) is 11.4. The van der Waals surface area contributed by atoms with Crippen LogP contribution in [-0.4, -0.2) is 58.1 Å². The zero-order chi connectivity index (χ0) is 24.0. The van der Waals surface area contributed by atoms with Crippen molar-refractivity contribution in [1.82, 2.24) is 25.3 Å².